The third-order valence-corrected chi connectivity index (χ3v) is 3.57. The Hall–Kier alpha value is -0.0400. The number of rotatable bonds is 5. The normalized spacial score (nSPS) is 22.8. The van der Waals surface area contributed by atoms with Crippen LogP contribution in [0.5, 0.6) is 0 Å². The predicted molar refractivity (Wildman–Crippen MR) is 58.9 cm³/mol. The predicted octanol–water partition coefficient (Wildman–Crippen LogP) is 3.34. The maximum absolute atomic E-state index is 3.76. The lowest BCUT2D eigenvalue weighted by atomic mass is 9.93. The van der Waals surface area contributed by atoms with Gasteiger partial charge in [0.1, 0.15) is 0 Å². The van der Waals surface area contributed by atoms with Gasteiger partial charge in [-0.25, -0.2) is 0 Å². The van der Waals surface area contributed by atoms with Gasteiger partial charge >= 0.3 is 0 Å². The molecule has 1 atom stereocenters. The van der Waals surface area contributed by atoms with Crippen LogP contribution in [-0.2, 0) is 0 Å². The van der Waals surface area contributed by atoms with Crippen LogP contribution in [0.3, 0.4) is 0 Å². The molecule has 0 bridgehead atoms. The molecule has 1 unspecified atom stereocenters. The van der Waals surface area contributed by atoms with Gasteiger partial charge in [0.25, 0.3) is 0 Å². The zero-order valence-corrected chi connectivity index (χ0v) is 9.91. The summed E-state index contributed by atoms with van der Waals surface area (Å²) in [5.74, 6) is 0. The van der Waals surface area contributed by atoms with Gasteiger partial charge in [0.05, 0.1) is 0 Å². The van der Waals surface area contributed by atoms with Crippen LogP contribution in [0.4, 0.5) is 0 Å². The van der Waals surface area contributed by atoms with Gasteiger partial charge in [-0.1, -0.05) is 20.3 Å². The highest BCUT2D eigenvalue weighted by atomic mass is 15.0. The van der Waals surface area contributed by atoms with E-state index in [1.54, 1.807) is 0 Å². The second-order valence-electron chi connectivity index (χ2n) is 5.65. The molecule has 1 fully saturated rings. The van der Waals surface area contributed by atoms with Crippen molar-refractivity contribution in [1.82, 2.24) is 5.32 Å². The topological polar surface area (TPSA) is 12.0 Å². The molecule has 1 heteroatoms. The summed E-state index contributed by atoms with van der Waals surface area (Å²) in [6, 6.07) is 0.675. The quantitative estimate of drug-likeness (QED) is 0.689. The standard InChI is InChI=1S/C12H25N/c1-6-7-11(3,4)13-10(2)12(5)8-9-12/h10,13H,6-9H2,1-5H3. The fourth-order valence-electron chi connectivity index (χ4n) is 2.09. The van der Waals surface area contributed by atoms with E-state index in [2.05, 4.69) is 39.9 Å². The molecule has 0 aromatic rings. The summed E-state index contributed by atoms with van der Waals surface area (Å²) in [6.07, 6.45) is 5.35. The van der Waals surface area contributed by atoms with Gasteiger partial charge in [-0.15, -0.1) is 0 Å². The van der Waals surface area contributed by atoms with Gasteiger partial charge < -0.3 is 5.32 Å². The molecule has 0 amide bonds. The highest BCUT2D eigenvalue weighted by Gasteiger charge is 2.43. The molecular formula is C12H25N. The molecule has 0 aromatic carbocycles. The maximum atomic E-state index is 3.76. The van der Waals surface area contributed by atoms with Gasteiger partial charge in [-0.05, 0) is 45.4 Å². The first-order valence-electron chi connectivity index (χ1n) is 5.67. The Kier molecular flexibility index (Phi) is 3.06. The van der Waals surface area contributed by atoms with Crippen molar-refractivity contribution >= 4 is 0 Å². The van der Waals surface area contributed by atoms with E-state index in [9.17, 15) is 0 Å². The lowest BCUT2D eigenvalue weighted by molar-refractivity contribution is 0.263. The zero-order chi connectivity index (χ0) is 10.1. The smallest absolute Gasteiger partial charge is 0.0127 e. The highest BCUT2D eigenvalue weighted by molar-refractivity contribution is 4.98. The minimum atomic E-state index is 0.319. The molecule has 0 aliphatic heterocycles. The second kappa shape index (κ2) is 3.61. The van der Waals surface area contributed by atoms with Crippen LogP contribution in [-0.4, -0.2) is 11.6 Å². The van der Waals surface area contributed by atoms with Crippen LogP contribution in [0.25, 0.3) is 0 Å². The van der Waals surface area contributed by atoms with E-state index in [1.165, 1.54) is 25.7 Å². The molecule has 0 saturated heterocycles. The van der Waals surface area contributed by atoms with Crippen molar-refractivity contribution in [3.8, 4) is 0 Å². The van der Waals surface area contributed by atoms with Crippen LogP contribution in [0.15, 0.2) is 0 Å². The Labute approximate surface area is 83.3 Å². The van der Waals surface area contributed by atoms with E-state index >= 15 is 0 Å². The first-order valence-corrected chi connectivity index (χ1v) is 5.67. The van der Waals surface area contributed by atoms with Crippen LogP contribution >= 0.6 is 0 Å². The van der Waals surface area contributed by atoms with Gasteiger partial charge in [0.2, 0.25) is 0 Å². The van der Waals surface area contributed by atoms with Crippen LogP contribution in [0.2, 0.25) is 0 Å². The van der Waals surface area contributed by atoms with Crippen molar-refractivity contribution in [2.75, 3.05) is 0 Å². The Morgan fingerprint density at radius 3 is 2.31 bits per heavy atom. The lowest BCUT2D eigenvalue weighted by Crippen LogP contribution is -2.47. The van der Waals surface area contributed by atoms with Crippen LogP contribution in [0, 0.1) is 5.41 Å². The molecule has 1 saturated carbocycles. The second-order valence-corrected chi connectivity index (χ2v) is 5.65. The van der Waals surface area contributed by atoms with Crippen molar-refractivity contribution in [2.45, 2.75) is 71.9 Å². The number of hydrogen-bond donors (Lipinski definition) is 1. The Morgan fingerprint density at radius 2 is 1.92 bits per heavy atom. The van der Waals surface area contributed by atoms with Crippen LogP contribution in [0.1, 0.15) is 60.3 Å². The Bertz CT molecular complexity index is 168. The fraction of sp³-hybridized carbons (Fsp3) is 1.00. The molecule has 1 aliphatic carbocycles. The van der Waals surface area contributed by atoms with E-state index in [-0.39, 0.29) is 0 Å². The summed E-state index contributed by atoms with van der Waals surface area (Å²) in [7, 11) is 0. The maximum Gasteiger partial charge on any atom is 0.0127 e. The summed E-state index contributed by atoms with van der Waals surface area (Å²) in [4.78, 5) is 0. The Morgan fingerprint density at radius 1 is 1.38 bits per heavy atom. The SMILES string of the molecule is CCCC(C)(C)NC(C)C1(C)CC1. The molecular weight excluding hydrogens is 158 g/mol. The van der Waals surface area contributed by atoms with Crippen molar-refractivity contribution in [3.05, 3.63) is 0 Å². The van der Waals surface area contributed by atoms with Gasteiger partial charge in [-0.2, -0.15) is 0 Å². The fourth-order valence-corrected chi connectivity index (χ4v) is 2.09. The molecule has 13 heavy (non-hydrogen) atoms. The highest BCUT2D eigenvalue weighted by Crippen LogP contribution is 2.48. The monoisotopic (exact) mass is 183 g/mol. The summed E-state index contributed by atoms with van der Waals surface area (Å²) in [6.45, 7) is 11.6. The minimum Gasteiger partial charge on any atom is -0.309 e. The molecule has 0 aromatic heterocycles. The third kappa shape index (κ3) is 2.98. The largest absolute Gasteiger partial charge is 0.309 e. The van der Waals surface area contributed by atoms with Gasteiger partial charge in [0.15, 0.2) is 0 Å². The van der Waals surface area contributed by atoms with Crippen molar-refractivity contribution in [3.63, 3.8) is 0 Å². The average Bonchev–Trinajstić information content (AvgIpc) is 2.67. The third-order valence-electron chi connectivity index (χ3n) is 3.57. The van der Waals surface area contributed by atoms with E-state index in [1.807, 2.05) is 0 Å². The summed E-state index contributed by atoms with van der Waals surface area (Å²) in [5.41, 5.74) is 0.921. The minimum absolute atomic E-state index is 0.319. The van der Waals surface area contributed by atoms with Crippen molar-refractivity contribution in [2.24, 2.45) is 5.41 Å². The van der Waals surface area contributed by atoms with E-state index in [0.29, 0.717) is 17.0 Å². The van der Waals surface area contributed by atoms with Gasteiger partial charge in [-0.3, -0.25) is 0 Å². The Balaban J connectivity index is 2.38. The molecule has 1 rings (SSSR count). The molecule has 0 radical (unpaired) electrons. The molecule has 0 spiro atoms. The first-order chi connectivity index (χ1) is 5.90. The van der Waals surface area contributed by atoms with Crippen molar-refractivity contribution < 1.29 is 0 Å². The number of hydrogen-bond acceptors (Lipinski definition) is 1. The summed E-state index contributed by atoms with van der Waals surface area (Å²) >= 11 is 0. The summed E-state index contributed by atoms with van der Waals surface area (Å²) in [5, 5.41) is 3.76. The van der Waals surface area contributed by atoms with Crippen molar-refractivity contribution in [1.29, 1.82) is 0 Å². The molecule has 0 heterocycles. The molecule has 1 N–H and O–H groups in total. The molecule has 78 valence electrons. The van der Waals surface area contributed by atoms with Crippen LogP contribution < -0.4 is 5.32 Å². The summed E-state index contributed by atoms with van der Waals surface area (Å²) < 4.78 is 0. The zero-order valence-electron chi connectivity index (χ0n) is 9.91. The molecule has 1 aliphatic rings. The first kappa shape index (κ1) is 11.0. The average molecular weight is 183 g/mol. The van der Waals surface area contributed by atoms with E-state index in [0.717, 1.165) is 0 Å². The lowest BCUT2D eigenvalue weighted by Gasteiger charge is -2.33. The number of nitrogens with one attached hydrogen (secondary N) is 1. The van der Waals surface area contributed by atoms with E-state index < -0.39 is 0 Å². The van der Waals surface area contributed by atoms with E-state index in [4.69, 9.17) is 0 Å². The molecule has 1 nitrogen and oxygen atoms in total. The van der Waals surface area contributed by atoms with Gasteiger partial charge in [0, 0.05) is 11.6 Å².